The first-order valence-corrected chi connectivity index (χ1v) is 12.3. The summed E-state index contributed by atoms with van der Waals surface area (Å²) in [6.07, 6.45) is 0. The van der Waals surface area contributed by atoms with E-state index >= 15 is 0 Å². The lowest BCUT2D eigenvalue weighted by Gasteiger charge is -2.36. The topological polar surface area (TPSA) is 145 Å². The number of rotatable bonds is 13. The Morgan fingerprint density at radius 1 is 0.865 bits per heavy atom. The Morgan fingerprint density at radius 3 is 2.22 bits per heavy atom. The molecule has 0 spiro atoms. The molecule has 1 aliphatic rings. The van der Waals surface area contributed by atoms with Gasteiger partial charge in [0.05, 0.1) is 31.4 Å². The molecule has 1 aromatic heterocycles. The molecule has 1 saturated heterocycles. The normalized spacial score (nSPS) is 13.5. The zero-order chi connectivity index (χ0) is 25.9. The van der Waals surface area contributed by atoms with E-state index in [-0.39, 0.29) is 10.6 Å². The highest BCUT2D eigenvalue weighted by atomic mass is 16.6. The van der Waals surface area contributed by atoms with Crippen LogP contribution in [0.5, 0.6) is 0 Å². The molecule has 12 heteroatoms. The predicted octanol–water partition coefficient (Wildman–Crippen LogP) is 2.18. The lowest BCUT2D eigenvalue weighted by atomic mass is 10.2. The predicted molar refractivity (Wildman–Crippen MR) is 142 cm³/mol. The minimum absolute atomic E-state index is 0.0892. The fourth-order valence-electron chi connectivity index (χ4n) is 3.89. The molecular formula is C25H32N8O4. The number of nitro benzene ring substituents is 1. The average Bonchev–Trinajstić information content (AvgIpc) is 2.95. The number of non-ortho nitro benzene ring substituents is 1. The van der Waals surface area contributed by atoms with Gasteiger partial charge in [0.15, 0.2) is 5.82 Å². The van der Waals surface area contributed by atoms with Crippen molar-refractivity contribution >= 4 is 23.3 Å². The molecule has 0 amide bonds. The second kappa shape index (κ2) is 13.4. The van der Waals surface area contributed by atoms with Crippen molar-refractivity contribution in [2.45, 2.75) is 0 Å². The van der Waals surface area contributed by atoms with Crippen LogP contribution in [-0.4, -0.2) is 85.6 Å². The molecule has 196 valence electrons. The van der Waals surface area contributed by atoms with Crippen LogP contribution >= 0.6 is 0 Å². The van der Waals surface area contributed by atoms with Gasteiger partial charge in [0, 0.05) is 62.7 Å². The van der Waals surface area contributed by atoms with Crippen molar-refractivity contribution in [1.82, 2.24) is 15.0 Å². The van der Waals surface area contributed by atoms with E-state index in [1.165, 1.54) is 12.1 Å². The largest absolute Gasteiger partial charge is 0.378 e. The number of hydrogen-bond donors (Lipinski definition) is 2. The highest BCUT2D eigenvalue weighted by Gasteiger charge is 2.21. The van der Waals surface area contributed by atoms with E-state index < -0.39 is 0 Å². The third kappa shape index (κ3) is 7.56. The van der Waals surface area contributed by atoms with Gasteiger partial charge in [-0.25, -0.2) is 0 Å². The zero-order valence-corrected chi connectivity index (χ0v) is 20.7. The number of ether oxygens (including phenoxy) is 2. The van der Waals surface area contributed by atoms with Crippen molar-refractivity contribution in [2.75, 3.05) is 80.8 Å². The number of aromatic nitrogens is 3. The fraction of sp³-hybridized carbons (Fsp3) is 0.400. The van der Waals surface area contributed by atoms with E-state index in [4.69, 9.17) is 20.2 Å². The van der Waals surface area contributed by atoms with Gasteiger partial charge < -0.3 is 30.3 Å². The molecule has 0 aliphatic carbocycles. The van der Waals surface area contributed by atoms with Gasteiger partial charge in [0.2, 0.25) is 11.9 Å². The van der Waals surface area contributed by atoms with E-state index in [1.807, 2.05) is 30.3 Å². The second-order valence-corrected chi connectivity index (χ2v) is 8.34. The Balaban J connectivity index is 1.39. The molecule has 1 fully saturated rings. The first kappa shape index (κ1) is 26.2. The number of nitrogens with one attached hydrogen (secondary N) is 1. The Morgan fingerprint density at radius 2 is 1.54 bits per heavy atom. The van der Waals surface area contributed by atoms with E-state index in [9.17, 15) is 10.1 Å². The number of nitrogens with two attached hydrogens (primary N) is 1. The van der Waals surface area contributed by atoms with Gasteiger partial charge in [-0.05, 0) is 12.1 Å². The lowest BCUT2D eigenvalue weighted by molar-refractivity contribution is -0.384. The monoisotopic (exact) mass is 508 g/mol. The third-order valence-corrected chi connectivity index (χ3v) is 5.81. The molecule has 2 aromatic carbocycles. The Hall–Kier alpha value is -3.87. The van der Waals surface area contributed by atoms with Gasteiger partial charge in [0.25, 0.3) is 5.69 Å². The van der Waals surface area contributed by atoms with E-state index in [1.54, 1.807) is 12.1 Å². The molecule has 37 heavy (non-hydrogen) atoms. The van der Waals surface area contributed by atoms with Gasteiger partial charge in [-0.15, -0.1) is 0 Å². The van der Waals surface area contributed by atoms with E-state index in [0.29, 0.717) is 70.3 Å². The molecule has 0 radical (unpaired) electrons. The van der Waals surface area contributed by atoms with Crippen LogP contribution in [-0.2, 0) is 9.47 Å². The Kier molecular flexibility index (Phi) is 9.52. The van der Waals surface area contributed by atoms with Crippen molar-refractivity contribution in [3.8, 4) is 11.4 Å². The van der Waals surface area contributed by atoms with Crippen molar-refractivity contribution in [1.29, 1.82) is 0 Å². The van der Waals surface area contributed by atoms with Gasteiger partial charge in [-0.3, -0.25) is 10.1 Å². The van der Waals surface area contributed by atoms with Crippen molar-refractivity contribution in [2.24, 2.45) is 5.73 Å². The molecule has 1 aliphatic heterocycles. The minimum atomic E-state index is -0.386. The van der Waals surface area contributed by atoms with Gasteiger partial charge in [-0.2, -0.15) is 15.0 Å². The van der Waals surface area contributed by atoms with Gasteiger partial charge in [-0.1, -0.05) is 30.3 Å². The van der Waals surface area contributed by atoms with Crippen LogP contribution in [0.3, 0.4) is 0 Å². The highest BCUT2D eigenvalue weighted by molar-refractivity contribution is 5.59. The van der Waals surface area contributed by atoms with Gasteiger partial charge >= 0.3 is 0 Å². The van der Waals surface area contributed by atoms with E-state index in [2.05, 4.69) is 25.1 Å². The molecule has 0 saturated carbocycles. The number of nitrogens with zero attached hydrogens (tertiary/aromatic N) is 6. The average molecular weight is 509 g/mol. The summed E-state index contributed by atoms with van der Waals surface area (Å²) in [6, 6.07) is 16.5. The molecule has 12 nitrogen and oxygen atoms in total. The van der Waals surface area contributed by atoms with Crippen LogP contribution in [0.4, 0.5) is 23.3 Å². The summed E-state index contributed by atoms with van der Waals surface area (Å²) in [4.78, 5) is 28.9. The molecule has 3 aromatic rings. The van der Waals surface area contributed by atoms with Crippen LogP contribution in [0.1, 0.15) is 0 Å². The Labute approximate surface area is 215 Å². The van der Waals surface area contributed by atoms with Gasteiger partial charge in [0.1, 0.15) is 0 Å². The molecule has 0 bridgehead atoms. The second-order valence-electron chi connectivity index (χ2n) is 8.34. The number of hydrogen-bond acceptors (Lipinski definition) is 11. The van der Waals surface area contributed by atoms with Crippen LogP contribution in [0, 0.1) is 10.1 Å². The Bertz CT molecular complexity index is 1130. The smallest absolute Gasteiger partial charge is 0.269 e. The maximum Gasteiger partial charge on any atom is 0.269 e. The molecule has 0 atom stereocenters. The van der Waals surface area contributed by atoms with Crippen molar-refractivity contribution in [3.05, 3.63) is 64.7 Å². The first-order valence-electron chi connectivity index (χ1n) is 12.3. The minimum Gasteiger partial charge on any atom is -0.378 e. The van der Waals surface area contributed by atoms with Crippen LogP contribution in [0.15, 0.2) is 54.6 Å². The fourth-order valence-corrected chi connectivity index (χ4v) is 3.89. The maximum atomic E-state index is 10.9. The molecule has 4 rings (SSSR count). The van der Waals surface area contributed by atoms with Crippen molar-refractivity contribution < 1.29 is 14.4 Å². The quantitative estimate of drug-likeness (QED) is 0.199. The van der Waals surface area contributed by atoms with Crippen LogP contribution in [0.25, 0.3) is 11.4 Å². The molecular weight excluding hydrogens is 476 g/mol. The van der Waals surface area contributed by atoms with Crippen LogP contribution < -0.4 is 20.9 Å². The van der Waals surface area contributed by atoms with E-state index in [0.717, 1.165) is 24.3 Å². The maximum absolute atomic E-state index is 10.9. The summed E-state index contributed by atoms with van der Waals surface area (Å²) >= 11 is 0. The SMILES string of the molecule is NCCOCCOCCNc1nc(-c2ccccc2)nc(N2CCN(c3ccc([N+](=O)[O-])cc3)CC2)n1. The standard InChI is InChI=1S/C25H32N8O4/c26-10-16-36-18-19-37-17-11-27-24-28-23(20-4-2-1-3-5-20)29-25(30-24)32-14-12-31(13-15-32)21-6-8-22(9-7-21)33(34)35/h1-9H,10-19,26H2,(H,27,28,29,30). The van der Waals surface area contributed by atoms with Crippen molar-refractivity contribution in [3.63, 3.8) is 0 Å². The highest BCUT2D eigenvalue weighted by Crippen LogP contribution is 2.23. The molecule has 0 unspecified atom stereocenters. The number of benzene rings is 2. The zero-order valence-electron chi connectivity index (χ0n) is 20.7. The third-order valence-electron chi connectivity index (χ3n) is 5.81. The summed E-state index contributed by atoms with van der Waals surface area (Å²) in [5.41, 5.74) is 7.36. The summed E-state index contributed by atoms with van der Waals surface area (Å²) < 4.78 is 10.9. The lowest BCUT2D eigenvalue weighted by Crippen LogP contribution is -2.47. The summed E-state index contributed by atoms with van der Waals surface area (Å²) in [6.45, 7) is 5.97. The summed E-state index contributed by atoms with van der Waals surface area (Å²) in [5, 5.41) is 14.2. The number of anilines is 3. The number of nitro groups is 1. The van der Waals surface area contributed by atoms with Crippen LogP contribution in [0.2, 0.25) is 0 Å². The molecule has 2 heterocycles. The molecule has 3 N–H and O–H groups in total. The first-order chi connectivity index (χ1) is 18.1. The summed E-state index contributed by atoms with van der Waals surface area (Å²) in [7, 11) is 0. The number of piperazine rings is 1. The summed E-state index contributed by atoms with van der Waals surface area (Å²) in [5.74, 6) is 1.70.